The second-order valence-electron chi connectivity index (χ2n) is 10.7. The van der Waals surface area contributed by atoms with Gasteiger partial charge >= 0.3 is 0 Å². The van der Waals surface area contributed by atoms with E-state index in [2.05, 4.69) is 20.6 Å². The second-order valence-corrected chi connectivity index (χ2v) is 10.7. The van der Waals surface area contributed by atoms with Gasteiger partial charge in [-0.25, -0.2) is 9.97 Å². The molecule has 12 nitrogen and oxygen atoms in total. The van der Waals surface area contributed by atoms with Crippen LogP contribution >= 0.6 is 0 Å². The molecule has 0 saturated heterocycles. The summed E-state index contributed by atoms with van der Waals surface area (Å²) < 4.78 is 19.0. The monoisotopic (exact) mass is 600 g/mol. The van der Waals surface area contributed by atoms with Crippen LogP contribution in [-0.2, 0) is 16.1 Å². The van der Waals surface area contributed by atoms with Crippen molar-refractivity contribution in [2.24, 2.45) is 5.92 Å². The Morgan fingerprint density at radius 2 is 1.89 bits per heavy atom. The predicted molar refractivity (Wildman–Crippen MR) is 164 cm³/mol. The highest BCUT2D eigenvalue weighted by atomic mass is 16.5. The van der Waals surface area contributed by atoms with Gasteiger partial charge in [0.15, 0.2) is 11.5 Å². The number of benzene rings is 2. The summed E-state index contributed by atoms with van der Waals surface area (Å²) in [6, 6.07) is 13.5. The van der Waals surface area contributed by atoms with Gasteiger partial charge in [-0.05, 0) is 30.2 Å². The van der Waals surface area contributed by atoms with Crippen molar-refractivity contribution < 1.29 is 28.6 Å². The lowest BCUT2D eigenvalue weighted by atomic mass is 10.0. The van der Waals surface area contributed by atoms with Crippen LogP contribution in [-0.4, -0.2) is 83.7 Å². The summed E-state index contributed by atoms with van der Waals surface area (Å²) >= 11 is 0. The maximum atomic E-state index is 14.1. The number of imidazole rings is 1. The van der Waals surface area contributed by atoms with Crippen molar-refractivity contribution in [1.29, 1.82) is 0 Å². The summed E-state index contributed by atoms with van der Waals surface area (Å²) in [5.74, 6) is 0.555. The number of fused-ring (bicyclic) bond motifs is 5. The maximum Gasteiger partial charge on any atom is 0.255 e. The third kappa shape index (κ3) is 6.59. The van der Waals surface area contributed by atoms with Gasteiger partial charge in [-0.1, -0.05) is 32.0 Å². The predicted octanol–water partition coefficient (Wildman–Crippen LogP) is 2.91. The Hall–Kier alpha value is -5.13. The quantitative estimate of drug-likeness (QED) is 0.365. The summed E-state index contributed by atoms with van der Waals surface area (Å²) in [7, 11) is 3.03. The van der Waals surface area contributed by atoms with E-state index < -0.39 is 17.9 Å². The first-order valence-electron chi connectivity index (χ1n) is 14.4. The van der Waals surface area contributed by atoms with Gasteiger partial charge in [-0.3, -0.25) is 14.4 Å². The van der Waals surface area contributed by atoms with E-state index in [1.54, 1.807) is 37.6 Å². The largest absolute Gasteiger partial charge is 0.493 e. The average Bonchev–Trinajstić information content (AvgIpc) is 3.50. The van der Waals surface area contributed by atoms with Gasteiger partial charge in [-0.15, -0.1) is 0 Å². The molecule has 2 aromatic carbocycles. The van der Waals surface area contributed by atoms with E-state index in [0.717, 1.165) is 5.56 Å². The highest BCUT2D eigenvalue weighted by molar-refractivity contribution is 6.07. The van der Waals surface area contributed by atoms with E-state index in [1.807, 2.05) is 48.9 Å². The zero-order valence-corrected chi connectivity index (χ0v) is 25.2. The van der Waals surface area contributed by atoms with Crippen LogP contribution in [0.1, 0.15) is 24.2 Å². The molecule has 0 aliphatic carbocycles. The third-order valence-corrected chi connectivity index (χ3v) is 7.43. The van der Waals surface area contributed by atoms with Crippen molar-refractivity contribution in [1.82, 2.24) is 30.1 Å². The van der Waals surface area contributed by atoms with Crippen molar-refractivity contribution in [2.45, 2.75) is 26.4 Å². The van der Waals surface area contributed by atoms with Crippen molar-refractivity contribution in [3.63, 3.8) is 0 Å². The van der Waals surface area contributed by atoms with Crippen LogP contribution in [0.25, 0.3) is 22.3 Å². The van der Waals surface area contributed by atoms with E-state index in [0.29, 0.717) is 46.9 Å². The molecular weight excluding hydrogens is 564 g/mol. The van der Waals surface area contributed by atoms with E-state index in [4.69, 9.17) is 14.2 Å². The standard InChI is InChI=1S/C32H36N6O6/c1-20(2)29-31(40)34-12-14-37-13-11-33-30(37)21-9-10-25(42-3)26(17-21)44-16-15-38(19-27(39)36-29)32(41)23-18-28(43-4)35-24-8-6-5-7-22(23)24/h5-11,13,17-18,20,29H,12,14-16,19H2,1-4H3,(H,34,40)(H,36,39)/t29-/m1/s1. The molecule has 1 aliphatic rings. The molecule has 1 atom stereocenters. The number of rotatable bonds is 4. The topological polar surface area (TPSA) is 137 Å². The number of nitrogens with zero attached hydrogens (tertiary/aromatic N) is 4. The van der Waals surface area contributed by atoms with Crippen LogP contribution < -0.4 is 24.8 Å². The summed E-state index contributed by atoms with van der Waals surface area (Å²) in [6.45, 7) is 4.31. The fourth-order valence-corrected chi connectivity index (χ4v) is 5.14. The second kappa shape index (κ2) is 13.4. The normalized spacial score (nSPS) is 16.4. The van der Waals surface area contributed by atoms with Gasteiger partial charge in [0.05, 0.1) is 38.4 Å². The number of hydrogen-bond donors (Lipinski definition) is 2. The highest BCUT2D eigenvalue weighted by Crippen LogP contribution is 2.32. The van der Waals surface area contributed by atoms with Gasteiger partial charge in [0.1, 0.15) is 18.5 Å². The van der Waals surface area contributed by atoms with E-state index in [1.165, 1.54) is 12.0 Å². The lowest BCUT2D eigenvalue weighted by Crippen LogP contribution is -2.53. The number of carbonyl (C=O) groups is 3. The molecule has 0 saturated carbocycles. The first kappa shape index (κ1) is 30.3. The number of hydrogen-bond acceptors (Lipinski definition) is 8. The van der Waals surface area contributed by atoms with E-state index >= 15 is 0 Å². The molecule has 230 valence electrons. The van der Waals surface area contributed by atoms with Crippen molar-refractivity contribution >= 4 is 28.6 Å². The van der Waals surface area contributed by atoms with Crippen LogP contribution in [0.2, 0.25) is 0 Å². The Morgan fingerprint density at radius 3 is 2.66 bits per heavy atom. The zero-order valence-electron chi connectivity index (χ0n) is 25.2. The van der Waals surface area contributed by atoms with Crippen molar-refractivity contribution in [3.8, 4) is 28.8 Å². The molecule has 44 heavy (non-hydrogen) atoms. The maximum absolute atomic E-state index is 14.1. The minimum Gasteiger partial charge on any atom is -0.493 e. The number of pyridine rings is 1. The van der Waals surface area contributed by atoms with Gasteiger partial charge in [0, 0.05) is 42.5 Å². The number of ether oxygens (including phenoxy) is 3. The first-order valence-corrected chi connectivity index (χ1v) is 14.4. The number of methoxy groups -OCH3 is 2. The summed E-state index contributed by atoms with van der Waals surface area (Å²) in [4.78, 5) is 51.0. The van der Waals surface area contributed by atoms with Gasteiger partial charge in [0.25, 0.3) is 5.91 Å². The Bertz CT molecular complexity index is 1670. The molecule has 0 spiro atoms. The average molecular weight is 601 g/mol. The summed E-state index contributed by atoms with van der Waals surface area (Å²) in [5, 5.41) is 6.38. The first-order chi connectivity index (χ1) is 21.3. The van der Waals surface area contributed by atoms with Crippen LogP contribution in [0.3, 0.4) is 0 Å². The van der Waals surface area contributed by atoms with Gasteiger partial charge in [-0.2, -0.15) is 0 Å². The summed E-state index contributed by atoms with van der Waals surface area (Å²) in [6.07, 6.45) is 3.53. The number of aromatic nitrogens is 3. The van der Waals surface area contributed by atoms with Crippen molar-refractivity contribution in [2.75, 3.05) is 40.5 Å². The zero-order chi connectivity index (χ0) is 31.2. The SMILES string of the molecule is COc1cc(C(=O)N2CCOc3cc(ccc3OC)-c3nccn3CCNC(=O)[C@@H](C(C)C)NC(=O)C2)c2ccccc2n1. The Morgan fingerprint density at radius 1 is 1.07 bits per heavy atom. The van der Waals surface area contributed by atoms with Crippen molar-refractivity contribution in [3.05, 3.63) is 66.5 Å². The summed E-state index contributed by atoms with van der Waals surface area (Å²) in [5.41, 5.74) is 1.70. The molecule has 2 bridgehead atoms. The fourth-order valence-electron chi connectivity index (χ4n) is 5.14. The lowest BCUT2D eigenvalue weighted by molar-refractivity contribution is -0.130. The fraction of sp³-hybridized carbons (Fsp3) is 0.344. The number of carbonyl (C=O) groups excluding carboxylic acids is 3. The minimum absolute atomic E-state index is 0.0571. The van der Waals surface area contributed by atoms with Crippen LogP contribution in [0, 0.1) is 5.92 Å². The lowest BCUT2D eigenvalue weighted by Gasteiger charge is -2.26. The smallest absolute Gasteiger partial charge is 0.255 e. The number of nitrogens with one attached hydrogen (secondary N) is 2. The van der Waals surface area contributed by atoms with Crippen LogP contribution in [0.5, 0.6) is 17.4 Å². The Balaban J connectivity index is 1.52. The molecule has 3 heterocycles. The molecule has 0 radical (unpaired) electrons. The Labute approximate surface area is 255 Å². The molecule has 1 aliphatic heterocycles. The molecule has 3 amide bonds. The molecule has 4 aromatic rings. The molecule has 2 N–H and O–H groups in total. The van der Waals surface area contributed by atoms with E-state index in [9.17, 15) is 14.4 Å². The molecular formula is C32H36N6O6. The number of para-hydroxylation sites is 1. The van der Waals surface area contributed by atoms with Gasteiger partial charge in [0.2, 0.25) is 17.7 Å². The molecule has 2 aromatic heterocycles. The molecule has 12 heteroatoms. The Kier molecular flexibility index (Phi) is 9.27. The highest BCUT2D eigenvalue weighted by Gasteiger charge is 2.28. The van der Waals surface area contributed by atoms with Gasteiger partial charge < -0.3 is 34.3 Å². The molecule has 5 rings (SSSR count). The third-order valence-electron chi connectivity index (χ3n) is 7.43. The minimum atomic E-state index is -0.797. The van der Waals surface area contributed by atoms with E-state index in [-0.39, 0.29) is 37.4 Å². The number of amides is 3. The molecule has 0 fully saturated rings. The van der Waals surface area contributed by atoms with Crippen LogP contribution in [0.15, 0.2) is 60.9 Å². The molecule has 0 unspecified atom stereocenters. The van der Waals surface area contributed by atoms with Crippen LogP contribution in [0.4, 0.5) is 0 Å².